The summed E-state index contributed by atoms with van der Waals surface area (Å²) >= 11 is 0. The van der Waals surface area contributed by atoms with Gasteiger partial charge in [-0.15, -0.1) is 0 Å². The molecule has 1 saturated carbocycles. The van der Waals surface area contributed by atoms with Crippen LogP contribution < -0.4 is 0 Å². The number of hydrogen-bond donors (Lipinski definition) is 0. The zero-order valence-corrected chi connectivity index (χ0v) is 13.8. The highest BCUT2D eigenvalue weighted by molar-refractivity contribution is 6.61. The Morgan fingerprint density at radius 3 is 1.56 bits per heavy atom. The Hall–Kier alpha value is 0.0649. The van der Waals surface area contributed by atoms with E-state index in [4.69, 9.17) is 0 Å². The van der Waals surface area contributed by atoms with Crippen molar-refractivity contribution >= 4 is 6.71 Å². The van der Waals surface area contributed by atoms with Crippen molar-refractivity contribution in [1.29, 1.82) is 0 Å². The van der Waals surface area contributed by atoms with Gasteiger partial charge in [-0.2, -0.15) is 0 Å². The summed E-state index contributed by atoms with van der Waals surface area (Å²) in [6.07, 6.45) is 0. The summed E-state index contributed by atoms with van der Waals surface area (Å²) in [5.41, 5.74) is 0. The summed E-state index contributed by atoms with van der Waals surface area (Å²) in [6, 6.07) is 0. The molecule has 0 amide bonds. The molecular formula is C17H33B. The number of hydrogen-bond acceptors (Lipinski definition) is 0. The van der Waals surface area contributed by atoms with E-state index >= 15 is 0 Å². The van der Waals surface area contributed by atoms with E-state index < -0.39 is 0 Å². The Morgan fingerprint density at radius 2 is 1.00 bits per heavy atom. The second-order valence-electron chi connectivity index (χ2n) is 8.03. The number of rotatable bonds is 0. The lowest BCUT2D eigenvalue weighted by molar-refractivity contribution is 0.0176. The third kappa shape index (κ3) is 1.88. The molecule has 2 fully saturated rings. The Bertz CT molecular complexity index is 242. The average molecular weight is 248 g/mol. The van der Waals surface area contributed by atoms with Crippen molar-refractivity contribution < 1.29 is 0 Å². The molecule has 1 saturated heterocycles. The molecule has 1 heteroatoms. The molecular weight excluding hydrogens is 215 g/mol. The third-order valence-electron chi connectivity index (χ3n) is 7.85. The van der Waals surface area contributed by atoms with Gasteiger partial charge in [0.1, 0.15) is 6.71 Å². The van der Waals surface area contributed by atoms with E-state index in [-0.39, 0.29) is 0 Å². The first kappa shape index (κ1) is 14.5. The maximum absolute atomic E-state index is 2.54. The van der Waals surface area contributed by atoms with E-state index in [9.17, 15) is 0 Å². The van der Waals surface area contributed by atoms with Crippen LogP contribution >= 0.6 is 0 Å². The predicted octanol–water partition coefficient (Wildman–Crippen LogP) is 5.33. The van der Waals surface area contributed by atoms with Gasteiger partial charge in [-0.05, 0) is 41.4 Å². The van der Waals surface area contributed by atoms with Gasteiger partial charge in [-0.3, -0.25) is 0 Å². The van der Waals surface area contributed by atoms with Crippen LogP contribution in [0.4, 0.5) is 0 Å². The monoisotopic (exact) mass is 248 g/mol. The maximum Gasteiger partial charge on any atom is 0.143 e. The van der Waals surface area contributed by atoms with Crippen molar-refractivity contribution in [2.45, 2.75) is 66.9 Å². The highest BCUT2D eigenvalue weighted by Gasteiger charge is 2.53. The summed E-state index contributed by atoms with van der Waals surface area (Å²) in [4.78, 5) is 0. The van der Waals surface area contributed by atoms with Gasteiger partial charge in [0.25, 0.3) is 0 Å². The lowest BCUT2D eigenvalue weighted by Crippen LogP contribution is -2.53. The van der Waals surface area contributed by atoms with Crippen LogP contribution in [0.3, 0.4) is 0 Å². The van der Waals surface area contributed by atoms with E-state index in [1.807, 2.05) is 0 Å². The molecule has 2 aliphatic rings. The molecule has 1 aliphatic carbocycles. The van der Waals surface area contributed by atoms with Crippen molar-refractivity contribution in [3.63, 3.8) is 0 Å². The Balaban J connectivity index is 2.36. The van der Waals surface area contributed by atoms with Gasteiger partial charge in [0.05, 0.1) is 0 Å². The first-order valence-electron chi connectivity index (χ1n) is 8.29. The highest BCUT2D eigenvalue weighted by atomic mass is 14.5. The Kier molecular flexibility index (Phi) is 3.92. The Morgan fingerprint density at radius 1 is 0.556 bits per heavy atom. The van der Waals surface area contributed by atoms with E-state index in [1.165, 1.54) is 0 Å². The molecule has 104 valence electrons. The molecule has 9 unspecified atom stereocenters. The van der Waals surface area contributed by atoms with Gasteiger partial charge in [0.2, 0.25) is 0 Å². The smallest absolute Gasteiger partial charge is 0.0856 e. The van der Waals surface area contributed by atoms with E-state index in [1.54, 1.807) is 0 Å². The first-order valence-corrected chi connectivity index (χ1v) is 8.29. The van der Waals surface area contributed by atoms with Crippen LogP contribution in [-0.4, -0.2) is 6.71 Å². The first-order chi connectivity index (χ1) is 8.29. The normalized spacial score (nSPS) is 57.3. The van der Waals surface area contributed by atoms with Gasteiger partial charge >= 0.3 is 0 Å². The van der Waals surface area contributed by atoms with Gasteiger partial charge < -0.3 is 0 Å². The van der Waals surface area contributed by atoms with Crippen molar-refractivity contribution in [3.05, 3.63) is 0 Å². The Labute approximate surface area is 115 Å². The summed E-state index contributed by atoms with van der Waals surface area (Å²) < 4.78 is 0. The van der Waals surface area contributed by atoms with Crippen LogP contribution in [-0.2, 0) is 0 Å². The molecule has 0 nitrogen and oxygen atoms in total. The highest BCUT2D eigenvalue weighted by Crippen LogP contribution is 2.59. The van der Waals surface area contributed by atoms with Crippen LogP contribution in [0.25, 0.3) is 0 Å². The molecule has 2 rings (SSSR count). The summed E-state index contributed by atoms with van der Waals surface area (Å²) in [5.74, 6) is 8.26. The van der Waals surface area contributed by atoms with Crippen LogP contribution in [0, 0.1) is 41.4 Å². The molecule has 0 bridgehead atoms. The van der Waals surface area contributed by atoms with E-state index in [0.29, 0.717) is 0 Å². The second kappa shape index (κ2) is 4.87. The van der Waals surface area contributed by atoms with Crippen molar-refractivity contribution in [2.75, 3.05) is 0 Å². The predicted molar refractivity (Wildman–Crippen MR) is 83.3 cm³/mol. The second-order valence-corrected chi connectivity index (χ2v) is 8.03. The van der Waals surface area contributed by atoms with Gasteiger partial charge in [0.15, 0.2) is 0 Å². The molecule has 0 spiro atoms. The minimum Gasteiger partial charge on any atom is -0.0856 e. The fourth-order valence-electron chi connectivity index (χ4n) is 5.68. The number of fused-ring (bicyclic) bond motifs is 1. The van der Waals surface area contributed by atoms with E-state index in [0.717, 1.165) is 59.8 Å². The SMILES string of the molecule is CB1C(C)C(C)C(C)C2C(C)C(C)C(C)C(C)C12. The van der Waals surface area contributed by atoms with Crippen LogP contribution in [0.1, 0.15) is 48.5 Å². The fraction of sp³-hybridized carbons (Fsp3) is 1.00. The summed E-state index contributed by atoms with van der Waals surface area (Å²) in [7, 11) is 0. The lowest BCUT2D eigenvalue weighted by atomic mass is 9.23. The van der Waals surface area contributed by atoms with Crippen LogP contribution in [0.5, 0.6) is 0 Å². The minimum absolute atomic E-state index is 0.900. The standard InChI is InChI=1S/C17H33B/c1-9-10(2)14(6)17-16(12(9)4)13(5)11(3)15(7)18(17)8/h9-17H,1-8H3. The average Bonchev–Trinajstić information content (AvgIpc) is 2.35. The van der Waals surface area contributed by atoms with Crippen molar-refractivity contribution in [2.24, 2.45) is 41.4 Å². The third-order valence-corrected chi connectivity index (χ3v) is 7.85. The van der Waals surface area contributed by atoms with Gasteiger partial charge in [-0.1, -0.05) is 66.9 Å². The summed E-state index contributed by atoms with van der Waals surface area (Å²) in [6.45, 7) is 21.1. The molecule has 9 atom stereocenters. The molecule has 0 aromatic carbocycles. The quantitative estimate of drug-likeness (QED) is 0.508. The van der Waals surface area contributed by atoms with E-state index in [2.05, 4.69) is 55.3 Å². The minimum atomic E-state index is 0.900. The molecule has 18 heavy (non-hydrogen) atoms. The molecule has 0 radical (unpaired) electrons. The zero-order chi connectivity index (χ0) is 13.8. The lowest BCUT2D eigenvalue weighted by Gasteiger charge is -2.58. The van der Waals surface area contributed by atoms with Crippen LogP contribution in [0.15, 0.2) is 0 Å². The largest absolute Gasteiger partial charge is 0.143 e. The van der Waals surface area contributed by atoms with Crippen molar-refractivity contribution in [1.82, 2.24) is 0 Å². The van der Waals surface area contributed by atoms with Crippen molar-refractivity contribution in [3.8, 4) is 0 Å². The van der Waals surface area contributed by atoms with Gasteiger partial charge in [0, 0.05) is 0 Å². The summed E-state index contributed by atoms with van der Waals surface area (Å²) in [5, 5.41) is 0. The topological polar surface area (TPSA) is 0 Å². The molecule has 1 heterocycles. The molecule has 0 aromatic heterocycles. The van der Waals surface area contributed by atoms with Crippen LogP contribution in [0.2, 0.25) is 18.5 Å². The molecule has 0 N–H and O–H groups in total. The fourth-order valence-corrected chi connectivity index (χ4v) is 5.68. The maximum atomic E-state index is 2.54. The zero-order valence-electron chi connectivity index (χ0n) is 13.8. The molecule has 1 aliphatic heterocycles. The van der Waals surface area contributed by atoms with Gasteiger partial charge in [-0.25, -0.2) is 0 Å². The molecule has 0 aromatic rings.